The highest BCUT2D eigenvalue weighted by atomic mass is 32.2. The van der Waals surface area contributed by atoms with Crippen LogP contribution in [0.4, 0.5) is 0 Å². The van der Waals surface area contributed by atoms with Gasteiger partial charge in [0.1, 0.15) is 5.51 Å². The topological polar surface area (TPSA) is 37.8 Å². The summed E-state index contributed by atoms with van der Waals surface area (Å²) in [4.78, 5) is 0. The van der Waals surface area contributed by atoms with Crippen molar-refractivity contribution in [2.24, 2.45) is 0 Å². The van der Waals surface area contributed by atoms with E-state index >= 15 is 0 Å². The number of rotatable bonds is 6. The zero-order chi connectivity index (χ0) is 9.52. The van der Waals surface area contributed by atoms with Crippen molar-refractivity contribution in [2.45, 2.75) is 29.9 Å². The van der Waals surface area contributed by atoms with Crippen LogP contribution in [0.5, 0.6) is 0 Å². The molecule has 1 rings (SSSR count). The van der Waals surface area contributed by atoms with E-state index in [0.29, 0.717) is 5.25 Å². The molecule has 1 heterocycles. The Labute approximate surface area is 87.3 Å². The molecule has 1 atom stereocenters. The molecule has 0 aromatic carbocycles. The number of aromatic nitrogens is 2. The number of nitrogens with zero attached hydrogens (tertiary/aromatic N) is 2. The average molecular weight is 217 g/mol. The predicted octanol–water partition coefficient (Wildman–Crippen LogP) is 2.02. The van der Waals surface area contributed by atoms with E-state index in [1.807, 2.05) is 0 Å². The minimum atomic E-state index is 0.569. The van der Waals surface area contributed by atoms with Crippen LogP contribution in [0.2, 0.25) is 0 Å². The van der Waals surface area contributed by atoms with Crippen molar-refractivity contribution in [3.05, 3.63) is 5.51 Å². The van der Waals surface area contributed by atoms with Crippen LogP contribution in [0.3, 0.4) is 0 Å². The maximum atomic E-state index is 3.99. The van der Waals surface area contributed by atoms with Gasteiger partial charge in [0.2, 0.25) is 0 Å². The van der Waals surface area contributed by atoms with Crippen molar-refractivity contribution in [3.63, 3.8) is 0 Å². The highest BCUT2D eigenvalue weighted by Gasteiger charge is 2.05. The van der Waals surface area contributed by atoms with Crippen LogP contribution >= 0.6 is 23.1 Å². The Hall–Kier alpha value is -0.130. The standard InChI is InChI=1S/C8H15N3S2/c1-3-4-9-5-7(2)13-8-11-10-6-12-8/h6-7,9H,3-5H2,1-2H3. The van der Waals surface area contributed by atoms with Gasteiger partial charge in [-0.15, -0.1) is 10.2 Å². The second kappa shape index (κ2) is 6.34. The molecule has 13 heavy (non-hydrogen) atoms. The van der Waals surface area contributed by atoms with Gasteiger partial charge in [-0.3, -0.25) is 0 Å². The van der Waals surface area contributed by atoms with E-state index in [-0.39, 0.29) is 0 Å². The first-order valence-corrected chi connectivity index (χ1v) is 6.22. The summed E-state index contributed by atoms with van der Waals surface area (Å²) in [6.07, 6.45) is 1.19. The lowest BCUT2D eigenvalue weighted by Crippen LogP contribution is -2.23. The first-order chi connectivity index (χ1) is 6.33. The van der Waals surface area contributed by atoms with Gasteiger partial charge in [-0.1, -0.05) is 36.9 Å². The number of hydrogen-bond acceptors (Lipinski definition) is 5. The van der Waals surface area contributed by atoms with Gasteiger partial charge in [-0.2, -0.15) is 0 Å². The van der Waals surface area contributed by atoms with Crippen LogP contribution in [0, 0.1) is 0 Å². The third-order valence-corrected chi connectivity index (χ3v) is 3.41. The van der Waals surface area contributed by atoms with Crippen LogP contribution in [0.1, 0.15) is 20.3 Å². The maximum absolute atomic E-state index is 3.99. The summed E-state index contributed by atoms with van der Waals surface area (Å²) in [5.74, 6) is 0. The van der Waals surface area contributed by atoms with E-state index in [9.17, 15) is 0 Å². The van der Waals surface area contributed by atoms with E-state index in [0.717, 1.165) is 17.4 Å². The quantitative estimate of drug-likeness (QED) is 0.584. The Morgan fingerprint density at radius 2 is 2.54 bits per heavy atom. The Morgan fingerprint density at radius 3 is 3.15 bits per heavy atom. The first kappa shape index (κ1) is 10.9. The van der Waals surface area contributed by atoms with Gasteiger partial charge in [-0.05, 0) is 13.0 Å². The second-order valence-electron chi connectivity index (χ2n) is 2.84. The molecule has 0 spiro atoms. The summed E-state index contributed by atoms with van der Waals surface area (Å²) in [6, 6.07) is 0. The normalized spacial score (nSPS) is 13.1. The number of thioether (sulfide) groups is 1. The minimum Gasteiger partial charge on any atom is -0.316 e. The Bertz CT molecular complexity index is 213. The fraction of sp³-hybridized carbons (Fsp3) is 0.750. The zero-order valence-electron chi connectivity index (χ0n) is 7.99. The van der Waals surface area contributed by atoms with Crippen LogP contribution in [-0.2, 0) is 0 Å². The average Bonchev–Trinajstić information content (AvgIpc) is 2.57. The molecule has 0 fully saturated rings. The van der Waals surface area contributed by atoms with Crippen molar-refractivity contribution in [1.82, 2.24) is 15.5 Å². The summed E-state index contributed by atoms with van der Waals surface area (Å²) in [6.45, 7) is 6.52. The molecule has 1 aromatic heterocycles. The smallest absolute Gasteiger partial charge is 0.174 e. The van der Waals surface area contributed by atoms with E-state index in [1.165, 1.54) is 6.42 Å². The van der Waals surface area contributed by atoms with Crippen molar-refractivity contribution in [1.29, 1.82) is 0 Å². The second-order valence-corrected chi connectivity index (χ2v) is 5.36. The number of hydrogen-bond donors (Lipinski definition) is 1. The molecule has 0 aliphatic carbocycles. The molecule has 1 unspecified atom stereocenters. The Balaban J connectivity index is 2.14. The van der Waals surface area contributed by atoms with Crippen molar-refractivity contribution < 1.29 is 0 Å². The molecule has 5 heteroatoms. The number of nitrogens with one attached hydrogen (secondary N) is 1. The van der Waals surface area contributed by atoms with Crippen LogP contribution < -0.4 is 5.32 Å². The molecule has 0 aliphatic rings. The monoisotopic (exact) mass is 217 g/mol. The fourth-order valence-electron chi connectivity index (χ4n) is 0.910. The lowest BCUT2D eigenvalue weighted by atomic mass is 10.4. The molecule has 0 saturated heterocycles. The molecule has 1 N–H and O–H groups in total. The van der Waals surface area contributed by atoms with E-state index in [2.05, 4.69) is 29.4 Å². The fourth-order valence-corrected chi connectivity index (χ4v) is 2.67. The molecule has 3 nitrogen and oxygen atoms in total. The van der Waals surface area contributed by atoms with E-state index < -0.39 is 0 Å². The van der Waals surface area contributed by atoms with Crippen LogP contribution in [0.25, 0.3) is 0 Å². The summed E-state index contributed by atoms with van der Waals surface area (Å²) in [5.41, 5.74) is 1.77. The van der Waals surface area contributed by atoms with Crippen molar-refractivity contribution in [3.8, 4) is 0 Å². The minimum absolute atomic E-state index is 0.569. The van der Waals surface area contributed by atoms with Crippen LogP contribution in [-0.4, -0.2) is 28.5 Å². The third kappa shape index (κ3) is 4.59. The lowest BCUT2D eigenvalue weighted by molar-refractivity contribution is 0.669. The van der Waals surface area contributed by atoms with Gasteiger partial charge in [0.25, 0.3) is 0 Å². The van der Waals surface area contributed by atoms with E-state index in [1.54, 1.807) is 28.6 Å². The predicted molar refractivity (Wildman–Crippen MR) is 58.4 cm³/mol. The molecule has 1 aromatic rings. The zero-order valence-corrected chi connectivity index (χ0v) is 9.62. The van der Waals surface area contributed by atoms with Gasteiger partial charge >= 0.3 is 0 Å². The highest BCUT2D eigenvalue weighted by molar-refractivity contribution is 8.01. The molecule has 0 radical (unpaired) electrons. The van der Waals surface area contributed by atoms with Crippen molar-refractivity contribution in [2.75, 3.05) is 13.1 Å². The molecule has 0 aliphatic heterocycles. The molecule has 74 valence electrons. The van der Waals surface area contributed by atoms with Crippen molar-refractivity contribution >= 4 is 23.1 Å². The van der Waals surface area contributed by atoms with Crippen LogP contribution in [0.15, 0.2) is 9.85 Å². The summed E-state index contributed by atoms with van der Waals surface area (Å²) < 4.78 is 1.06. The Morgan fingerprint density at radius 1 is 1.69 bits per heavy atom. The molecular weight excluding hydrogens is 202 g/mol. The largest absolute Gasteiger partial charge is 0.316 e. The first-order valence-electron chi connectivity index (χ1n) is 4.46. The highest BCUT2D eigenvalue weighted by Crippen LogP contribution is 2.23. The van der Waals surface area contributed by atoms with Gasteiger partial charge in [0.05, 0.1) is 0 Å². The molecule has 0 amide bonds. The SMILES string of the molecule is CCCNCC(C)Sc1nncs1. The molecular formula is C8H15N3S2. The molecule has 0 bridgehead atoms. The summed E-state index contributed by atoms with van der Waals surface area (Å²) in [7, 11) is 0. The maximum Gasteiger partial charge on any atom is 0.174 e. The summed E-state index contributed by atoms with van der Waals surface area (Å²) in [5, 5.41) is 11.7. The van der Waals surface area contributed by atoms with Gasteiger partial charge < -0.3 is 5.32 Å². The van der Waals surface area contributed by atoms with Gasteiger partial charge in [-0.25, -0.2) is 0 Å². The van der Waals surface area contributed by atoms with Gasteiger partial charge in [0, 0.05) is 11.8 Å². The lowest BCUT2D eigenvalue weighted by Gasteiger charge is -2.08. The van der Waals surface area contributed by atoms with E-state index in [4.69, 9.17) is 0 Å². The third-order valence-electron chi connectivity index (χ3n) is 1.50. The van der Waals surface area contributed by atoms with Gasteiger partial charge in [0.15, 0.2) is 4.34 Å². The molecule has 0 saturated carbocycles. The summed E-state index contributed by atoms with van der Waals surface area (Å²) >= 11 is 3.39. The Kier molecular flexibility index (Phi) is 5.34.